The highest BCUT2D eigenvalue weighted by Gasteiger charge is 2.25. The highest BCUT2D eigenvalue weighted by atomic mass is 32.1. The molecule has 2 aromatic rings. The zero-order valence-electron chi connectivity index (χ0n) is 13.8. The lowest BCUT2D eigenvalue weighted by Gasteiger charge is -2.33. The lowest BCUT2D eigenvalue weighted by Crippen LogP contribution is -2.44. The van der Waals surface area contributed by atoms with E-state index in [0.29, 0.717) is 27.1 Å². The molecule has 0 aliphatic carbocycles. The van der Waals surface area contributed by atoms with Gasteiger partial charge < -0.3 is 9.64 Å². The van der Waals surface area contributed by atoms with Gasteiger partial charge in [-0.2, -0.15) is 0 Å². The molecular weight excluding hydrogens is 329 g/mol. The molecule has 0 spiro atoms. The number of amides is 1. The van der Waals surface area contributed by atoms with E-state index in [9.17, 15) is 14.0 Å². The first-order valence-corrected chi connectivity index (χ1v) is 8.95. The van der Waals surface area contributed by atoms with Gasteiger partial charge in [0.05, 0.1) is 0 Å². The highest BCUT2D eigenvalue weighted by molar-refractivity contribution is 7.21. The number of carbonyl (C=O) groups excluding carboxylic acids is 2. The van der Waals surface area contributed by atoms with Crippen LogP contribution < -0.4 is 0 Å². The average Bonchev–Trinajstić information content (AvgIpc) is 2.91. The van der Waals surface area contributed by atoms with E-state index in [4.69, 9.17) is 4.74 Å². The summed E-state index contributed by atoms with van der Waals surface area (Å²) in [5.41, 5.74) is 0.567. The molecule has 128 valence electrons. The average molecular weight is 349 g/mol. The number of nitrogens with zero attached hydrogens (tertiary/aromatic N) is 1. The van der Waals surface area contributed by atoms with E-state index in [-0.39, 0.29) is 24.4 Å². The Morgan fingerprint density at radius 2 is 2.17 bits per heavy atom. The number of esters is 1. The Labute approximate surface area is 144 Å². The van der Waals surface area contributed by atoms with Crippen LogP contribution in [0.2, 0.25) is 0 Å². The number of thiophene rings is 1. The zero-order chi connectivity index (χ0) is 17.3. The van der Waals surface area contributed by atoms with Crippen molar-refractivity contribution in [1.82, 2.24) is 4.90 Å². The second-order valence-electron chi connectivity index (χ2n) is 6.18. The molecule has 24 heavy (non-hydrogen) atoms. The van der Waals surface area contributed by atoms with Crippen LogP contribution in [0.25, 0.3) is 10.1 Å². The van der Waals surface area contributed by atoms with E-state index < -0.39 is 5.97 Å². The van der Waals surface area contributed by atoms with Gasteiger partial charge in [0.2, 0.25) is 0 Å². The number of hydrogen-bond acceptors (Lipinski definition) is 4. The van der Waals surface area contributed by atoms with E-state index >= 15 is 0 Å². The van der Waals surface area contributed by atoms with Crippen LogP contribution in [-0.4, -0.2) is 36.0 Å². The van der Waals surface area contributed by atoms with Crippen LogP contribution in [0.4, 0.5) is 4.39 Å². The number of halogens is 1. The molecule has 1 saturated heterocycles. The van der Waals surface area contributed by atoms with Crippen molar-refractivity contribution in [2.45, 2.75) is 39.2 Å². The number of carbonyl (C=O) groups is 2. The van der Waals surface area contributed by atoms with E-state index in [1.165, 1.54) is 17.4 Å². The van der Waals surface area contributed by atoms with Gasteiger partial charge in [-0.3, -0.25) is 4.79 Å². The summed E-state index contributed by atoms with van der Waals surface area (Å²) in [4.78, 5) is 26.7. The van der Waals surface area contributed by atoms with Gasteiger partial charge in [-0.25, -0.2) is 9.18 Å². The van der Waals surface area contributed by atoms with Gasteiger partial charge in [-0.15, -0.1) is 11.3 Å². The van der Waals surface area contributed by atoms with Crippen LogP contribution in [0.15, 0.2) is 18.2 Å². The number of piperidine rings is 1. The van der Waals surface area contributed by atoms with Gasteiger partial charge in [0.15, 0.2) is 6.61 Å². The fourth-order valence-electron chi connectivity index (χ4n) is 3.19. The molecule has 1 atom stereocenters. The summed E-state index contributed by atoms with van der Waals surface area (Å²) in [5.74, 6) is -1.08. The first-order valence-electron chi connectivity index (χ1n) is 8.13. The van der Waals surface area contributed by atoms with Crippen molar-refractivity contribution in [3.8, 4) is 0 Å². The fraction of sp³-hybridized carbons (Fsp3) is 0.444. The van der Waals surface area contributed by atoms with E-state index in [1.807, 2.05) is 6.92 Å². The smallest absolute Gasteiger partial charge is 0.349 e. The van der Waals surface area contributed by atoms with Crippen molar-refractivity contribution in [2.75, 3.05) is 13.2 Å². The summed E-state index contributed by atoms with van der Waals surface area (Å²) in [6.07, 6.45) is 3.09. The minimum Gasteiger partial charge on any atom is -0.451 e. The molecule has 0 saturated carbocycles. The molecule has 2 heterocycles. The Bertz CT molecular complexity index is 786. The van der Waals surface area contributed by atoms with Gasteiger partial charge in [0, 0.05) is 22.7 Å². The van der Waals surface area contributed by atoms with Crippen LogP contribution in [0, 0.1) is 12.7 Å². The maximum atomic E-state index is 13.9. The fourth-order valence-corrected chi connectivity index (χ4v) is 4.31. The number of hydrogen-bond donors (Lipinski definition) is 0. The molecule has 1 aromatic carbocycles. The number of rotatable bonds is 3. The molecule has 6 heteroatoms. The van der Waals surface area contributed by atoms with Crippen molar-refractivity contribution in [3.05, 3.63) is 34.5 Å². The molecule has 0 bridgehead atoms. The van der Waals surface area contributed by atoms with Crippen LogP contribution >= 0.6 is 11.3 Å². The summed E-state index contributed by atoms with van der Waals surface area (Å²) < 4.78 is 19.8. The second kappa shape index (κ2) is 6.89. The Morgan fingerprint density at radius 1 is 1.38 bits per heavy atom. The Kier molecular flexibility index (Phi) is 4.85. The zero-order valence-corrected chi connectivity index (χ0v) is 14.6. The van der Waals surface area contributed by atoms with Gasteiger partial charge >= 0.3 is 5.97 Å². The quantitative estimate of drug-likeness (QED) is 0.790. The van der Waals surface area contributed by atoms with Crippen LogP contribution in [-0.2, 0) is 9.53 Å². The van der Waals surface area contributed by atoms with Gasteiger partial charge in [-0.1, -0.05) is 6.07 Å². The topological polar surface area (TPSA) is 46.6 Å². The van der Waals surface area contributed by atoms with Crippen molar-refractivity contribution in [2.24, 2.45) is 0 Å². The molecule has 0 unspecified atom stereocenters. The molecule has 4 nitrogen and oxygen atoms in total. The van der Waals surface area contributed by atoms with Crippen LogP contribution in [0.5, 0.6) is 0 Å². The van der Waals surface area contributed by atoms with Crippen LogP contribution in [0.3, 0.4) is 0 Å². The maximum absolute atomic E-state index is 13.9. The van der Waals surface area contributed by atoms with E-state index in [1.54, 1.807) is 24.0 Å². The van der Waals surface area contributed by atoms with Crippen LogP contribution in [0.1, 0.15) is 41.4 Å². The number of likely N-dealkylation sites (tertiary alicyclic amines) is 1. The lowest BCUT2D eigenvalue weighted by molar-refractivity contribution is -0.137. The summed E-state index contributed by atoms with van der Waals surface area (Å²) in [6.45, 7) is 4.16. The Morgan fingerprint density at radius 3 is 2.88 bits per heavy atom. The monoisotopic (exact) mass is 349 g/mol. The largest absolute Gasteiger partial charge is 0.451 e. The molecule has 0 radical (unpaired) electrons. The maximum Gasteiger partial charge on any atom is 0.349 e. The highest BCUT2D eigenvalue weighted by Crippen LogP contribution is 2.33. The molecule has 1 aromatic heterocycles. The normalized spacial score (nSPS) is 18.0. The molecule has 1 aliphatic heterocycles. The second-order valence-corrected chi connectivity index (χ2v) is 7.23. The van der Waals surface area contributed by atoms with Crippen molar-refractivity contribution >= 4 is 33.3 Å². The standard InChI is InChI=1S/C18H20FNO3S/c1-11-6-3-4-9-20(11)15(21)10-23-18(22)17-12(2)16-13(19)7-5-8-14(16)24-17/h5,7-8,11H,3-4,6,9-10H2,1-2H3/t11-/m0/s1. The first kappa shape index (κ1) is 16.9. The van der Waals surface area contributed by atoms with Crippen molar-refractivity contribution in [3.63, 3.8) is 0 Å². The minimum absolute atomic E-state index is 0.166. The molecular formula is C18H20FNO3S. The number of ether oxygens (including phenoxy) is 1. The molecule has 3 rings (SSSR count). The van der Waals surface area contributed by atoms with Crippen molar-refractivity contribution in [1.29, 1.82) is 0 Å². The van der Waals surface area contributed by atoms with Crippen molar-refractivity contribution < 1.29 is 18.7 Å². The molecule has 1 fully saturated rings. The van der Waals surface area contributed by atoms with E-state index in [2.05, 4.69) is 0 Å². The Hall–Kier alpha value is -1.95. The summed E-state index contributed by atoms with van der Waals surface area (Å²) in [5, 5.41) is 0.449. The Balaban J connectivity index is 1.70. The van der Waals surface area contributed by atoms with Gasteiger partial charge in [0.25, 0.3) is 5.91 Å². The van der Waals surface area contributed by atoms with Gasteiger partial charge in [-0.05, 0) is 50.8 Å². The third-order valence-corrected chi connectivity index (χ3v) is 5.78. The third-order valence-electron chi connectivity index (χ3n) is 4.54. The SMILES string of the molecule is Cc1c(C(=O)OCC(=O)N2CCCC[C@@H]2C)sc2cccc(F)c12. The lowest BCUT2D eigenvalue weighted by atomic mass is 10.0. The van der Waals surface area contributed by atoms with Gasteiger partial charge in [0.1, 0.15) is 10.7 Å². The van der Waals surface area contributed by atoms with E-state index in [0.717, 1.165) is 19.3 Å². The summed E-state index contributed by atoms with van der Waals surface area (Å²) in [7, 11) is 0. The molecule has 1 aliphatic rings. The first-order chi connectivity index (χ1) is 11.5. The predicted octanol–water partition coefficient (Wildman–Crippen LogP) is 3.91. The predicted molar refractivity (Wildman–Crippen MR) is 91.8 cm³/mol. The third kappa shape index (κ3) is 3.15. The minimum atomic E-state index is -0.564. The number of aryl methyl sites for hydroxylation is 1. The molecule has 0 N–H and O–H groups in total. The molecule has 1 amide bonds. The summed E-state index contributed by atoms with van der Waals surface area (Å²) >= 11 is 1.19. The summed E-state index contributed by atoms with van der Waals surface area (Å²) in [6, 6.07) is 4.95. The number of benzene rings is 1. The number of fused-ring (bicyclic) bond motifs is 1.